The van der Waals surface area contributed by atoms with Crippen LogP contribution in [0.1, 0.15) is 22.8 Å². The van der Waals surface area contributed by atoms with Gasteiger partial charge in [-0.2, -0.15) is 0 Å². The molecule has 1 aromatic carbocycles. The number of thioether (sulfide) groups is 1. The number of ketones is 1. The summed E-state index contributed by atoms with van der Waals surface area (Å²) in [4.78, 5) is 11.6. The lowest BCUT2D eigenvalue weighted by molar-refractivity contribution is 0.101. The van der Waals surface area contributed by atoms with Crippen LogP contribution in [0.2, 0.25) is 0 Å². The molecule has 0 atom stereocenters. The summed E-state index contributed by atoms with van der Waals surface area (Å²) in [5.41, 5.74) is 1.52. The smallest absolute Gasteiger partial charge is 0.218 e. The maximum atomic E-state index is 11.6. The SMILES string of the molecule is COc1ccc(C(C)=O)cc1CSc1nnc(-c2ccco2)n1N. The fourth-order valence-electron chi connectivity index (χ4n) is 2.20. The van der Waals surface area contributed by atoms with Gasteiger partial charge in [-0.1, -0.05) is 11.8 Å². The number of nitrogen functional groups attached to an aromatic ring is 1. The molecule has 0 aliphatic carbocycles. The summed E-state index contributed by atoms with van der Waals surface area (Å²) >= 11 is 1.40. The minimum atomic E-state index is 0.00556. The molecule has 3 aromatic rings. The van der Waals surface area contributed by atoms with Crippen molar-refractivity contribution in [3.63, 3.8) is 0 Å². The van der Waals surface area contributed by atoms with Gasteiger partial charge in [0.1, 0.15) is 5.75 Å². The summed E-state index contributed by atoms with van der Waals surface area (Å²) in [5.74, 6) is 8.29. The molecule has 2 aromatic heterocycles. The molecule has 0 radical (unpaired) electrons. The van der Waals surface area contributed by atoms with Gasteiger partial charge in [-0.25, -0.2) is 4.68 Å². The second-order valence-corrected chi connectivity index (χ2v) is 5.97. The minimum Gasteiger partial charge on any atom is -0.496 e. The lowest BCUT2D eigenvalue weighted by Gasteiger charge is -2.09. The Kier molecular flexibility index (Phi) is 4.57. The van der Waals surface area contributed by atoms with Gasteiger partial charge in [-0.3, -0.25) is 4.79 Å². The standard InChI is InChI=1S/C16H16N4O3S/c1-10(21)11-5-6-13(22-2)12(8-11)9-24-16-19-18-15(20(16)17)14-4-3-7-23-14/h3-8H,9,17H2,1-2H3. The highest BCUT2D eigenvalue weighted by molar-refractivity contribution is 7.98. The molecule has 124 valence electrons. The molecule has 2 heterocycles. The number of carbonyl (C=O) groups is 1. The topological polar surface area (TPSA) is 96.2 Å². The summed E-state index contributed by atoms with van der Waals surface area (Å²) in [6, 6.07) is 8.87. The molecule has 0 fully saturated rings. The van der Waals surface area contributed by atoms with Crippen molar-refractivity contribution in [1.82, 2.24) is 14.9 Å². The van der Waals surface area contributed by atoms with Gasteiger partial charge in [0.15, 0.2) is 11.5 Å². The minimum absolute atomic E-state index is 0.00556. The summed E-state index contributed by atoms with van der Waals surface area (Å²) in [5, 5.41) is 8.67. The van der Waals surface area contributed by atoms with E-state index in [9.17, 15) is 4.79 Å². The van der Waals surface area contributed by atoms with Gasteiger partial charge < -0.3 is 15.0 Å². The molecule has 7 nitrogen and oxygen atoms in total. The van der Waals surface area contributed by atoms with Gasteiger partial charge in [0.05, 0.1) is 13.4 Å². The molecule has 2 N–H and O–H groups in total. The molecular formula is C16H16N4O3S. The van der Waals surface area contributed by atoms with Crippen molar-refractivity contribution in [1.29, 1.82) is 0 Å². The largest absolute Gasteiger partial charge is 0.496 e. The van der Waals surface area contributed by atoms with Crippen molar-refractivity contribution in [3.05, 3.63) is 47.7 Å². The van der Waals surface area contributed by atoms with Crippen LogP contribution in [-0.2, 0) is 5.75 Å². The lowest BCUT2D eigenvalue weighted by atomic mass is 10.1. The Balaban J connectivity index is 1.81. The number of nitrogens with zero attached hydrogens (tertiary/aromatic N) is 3. The van der Waals surface area contributed by atoms with E-state index in [1.165, 1.54) is 23.4 Å². The third-order valence-electron chi connectivity index (χ3n) is 3.45. The van der Waals surface area contributed by atoms with E-state index in [1.54, 1.807) is 37.6 Å². The average molecular weight is 344 g/mol. The summed E-state index contributed by atoms with van der Waals surface area (Å²) in [6.45, 7) is 1.53. The number of hydrogen-bond donors (Lipinski definition) is 1. The third kappa shape index (κ3) is 3.13. The van der Waals surface area contributed by atoms with Gasteiger partial charge in [-0.15, -0.1) is 10.2 Å². The van der Waals surface area contributed by atoms with E-state index in [4.69, 9.17) is 15.0 Å². The Bertz CT molecular complexity index is 858. The van der Waals surface area contributed by atoms with Crippen molar-refractivity contribution < 1.29 is 13.9 Å². The number of methoxy groups -OCH3 is 1. The van der Waals surface area contributed by atoms with Gasteiger partial charge in [0.25, 0.3) is 0 Å². The maximum Gasteiger partial charge on any atom is 0.218 e. The van der Waals surface area contributed by atoms with E-state index in [2.05, 4.69) is 10.2 Å². The predicted molar refractivity (Wildman–Crippen MR) is 90.4 cm³/mol. The van der Waals surface area contributed by atoms with Crippen LogP contribution < -0.4 is 10.6 Å². The number of benzene rings is 1. The van der Waals surface area contributed by atoms with Crippen LogP contribution in [0.4, 0.5) is 0 Å². The monoisotopic (exact) mass is 344 g/mol. The van der Waals surface area contributed by atoms with Crippen LogP contribution in [0.3, 0.4) is 0 Å². The molecule has 0 spiro atoms. The number of furan rings is 1. The molecule has 0 bridgehead atoms. The van der Waals surface area contributed by atoms with E-state index in [0.717, 1.165) is 5.56 Å². The third-order valence-corrected chi connectivity index (χ3v) is 4.44. The molecule has 0 aliphatic rings. The van der Waals surface area contributed by atoms with E-state index < -0.39 is 0 Å². The van der Waals surface area contributed by atoms with Crippen molar-refractivity contribution >= 4 is 17.5 Å². The fraction of sp³-hybridized carbons (Fsp3) is 0.188. The van der Waals surface area contributed by atoms with E-state index in [0.29, 0.717) is 33.8 Å². The van der Waals surface area contributed by atoms with Crippen LogP contribution in [-0.4, -0.2) is 27.8 Å². The number of hydrogen-bond acceptors (Lipinski definition) is 7. The van der Waals surface area contributed by atoms with Crippen molar-refractivity contribution in [2.24, 2.45) is 0 Å². The second kappa shape index (κ2) is 6.79. The number of aromatic nitrogens is 3. The van der Waals surface area contributed by atoms with Gasteiger partial charge >= 0.3 is 0 Å². The maximum absolute atomic E-state index is 11.6. The molecule has 8 heteroatoms. The summed E-state index contributed by atoms with van der Waals surface area (Å²) in [7, 11) is 1.59. The first-order valence-electron chi connectivity index (χ1n) is 7.15. The zero-order valence-electron chi connectivity index (χ0n) is 13.2. The van der Waals surface area contributed by atoms with Gasteiger partial charge in [0, 0.05) is 16.9 Å². The van der Waals surface area contributed by atoms with Crippen LogP contribution in [0.25, 0.3) is 11.6 Å². The first-order chi connectivity index (χ1) is 11.6. The number of nitrogens with two attached hydrogens (primary N) is 1. The first kappa shape index (κ1) is 16.1. The Morgan fingerprint density at radius 2 is 2.21 bits per heavy atom. The molecular weight excluding hydrogens is 328 g/mol. The van der Waals surface area contributed by atoms with Crippen molar-refractivity contribution in [2.75, 3.05) is 13.0 Å². The molecule has 3 rings (SSSR count). The highest BCUT2D eigenvalue weighted by Crippen LogP contribution is 2.29. The van der Waals surface area contributed by atoms with E-state index in [-0.39, 0.29) is 5.78 Å². The second-order valence-electron chi connectivity index (χ2n) is 5.02. The van der Waals surface area contributed by atoms with Gasteiger partial charge in [0.2, 0.25) is 11.0 Å². The number of rotatable bonds is 6. The normalized spacial score (nSPS) is 10.8. The van der Waals surface area contributed by atoms with Crippen molar-refractivity contribution in [2.45, 2.75) is 17.8 Å². The summed E-state index contributed by atoms with van der Waals surface area (Å²) < 4.78 is 12.0. The molecule has 0 aliphatic heterocycles. The number of Topliss-reactive ketones (excluding diaryl/α,β-unsaturated/α-hetero) is 1. The Morgan fingerprint density at radius 1 is 1.38 bits per heavy atom. The highest BCUT2D eigenvalue weighted by atomic mass is 32.2. The van der Waals surface area contributed by atoms with E-state index >= 15 is 0 Å². The molecule has 0 amide bonds. The van der Waals surface area contributed by atoms with Gasteiger partial charge in [-0.05, 0) is 37.3 Å². The fourth-order valence-corrected chi connectivity index (χ4v) is 3.04. The molecule has 24 heavy (non-hydrogen) atoms. The lowest BCUT2D eigenvalue weighted by Crippen LogP contribution is -2.11. The summed E-state index contributed by atoms with van der Waals surface area (Å²) in [6.07, 6.45) is 1.55. The average Bonchev–Trinajstić information content (AvgIpc) is 3.22. The number of ether oxygens (including phenoxy) is 1. The predicted octanol–water partition coefficient (Wildman–Crippen LogP) is 2.76. The van der Waals surface area contributed by atoms with Crippen LogP contribution >= 0.6 is 11.8 Å². The highest BCUT2D eigenvalue weighted by Gasteiger charge is 2.15. The van der Waals surface area contributed by atoms with Crippen LogP contribution in [0.5, 0.6) is 5.75 Å². The molecule has 0 unspecified atom stereocenters. The Labute approximate surface area is 142 Å². The Hall–Kier alpha value is -2.74. The van der Waals surface area contributed by atoms with E-state index in [1.807, 2.05) is 6.07 Å². The zero-order chi connectivity index (χ0) is 17.1. The molecule has 0 saturated heterocycles. The van der Waals surface area contributed by atoms with Crippen LogP contribution in [0, 0.1) is 0 Å². The Morgan fingerprint density at radius 3 is 2.88 bits per heavy atom. The quantitative estimate of drug-likeness (QED) is 0.417. The molecule has 0 saturated carbocycles. The number of carbonyl (C=O) groups excluding carboxylic acids is 1. The zero-order valence-corrected chi connectivity index (χ0v) is 14.0. The van der Waals surface area contributed by atoms with Crippen molar-refractivity contribution in [3.8, 4) is 17.3 Å². The first-order valence-corrected chi connectivity index (χ1v) is 8.13. The van der Waals surface area contributed by atoms with Crippen LogP contribution in [0.15, 0.2) is 46.2 Å².